The lowest BCUT2D eigenvalue weighted by atomic mass is 10.1. The van der Waals surface area contributed by atoms with Crippen LogP contribution in [0.2, 0.25) is 0 Å². The van der Waals surface area contributed by atoms with Crippen LogP contribution in [0.4, 0.5) is 5.69 Å². The highest BCUT2D eigenvalue weighted by atomic mass is 16.6. The number of nitro groups is 1. The highest BCUT2D eigenvalue weighted by Crippen LogP contribution is 2.33. The van der Waals surface area contributed by atoms with Gasteiger partial charge in [-0.3, -0.25) is 14.9 Å². The van der Waals surface area contributed by atoms with Gasteiger partial charge in [0.2, 0.25) is 0 Å². The number of amides is 1. The van der Waals surface area contributed by atoms with Crippen LogP contribution in [0.5, 0.6) is 5.75 Å². The van der Waals surface area contributed by atoms with Gasteiger partial charge in [0.15, 0.2) is 0 Å². The Bertz CT molecular complexity index is 1040. The van der Waals surface area contributed by atoms with Crippen LogP contribution < -0.4 is 10.2 Å². The van der Waals surface area contributed by atoms with Crippen LogP contribution >= 0.6 is 0 Å². The fraction of sp³-hybridized carbons (Fsp3) is 0.100. The zero-order valence-corrected chi connectivity index (χ0v) is 15.2. The van der Waals surface area contributed by atoms with E-state index in [1.165, 1.54) is 19.4 Å². The summed E-state index contributed by atoms with van der Waals surface area (Å²) in [7, 11) is 1.44. The van der Waals surface area contributed by atoms with E-state index in [1.54, 1.807) is 36.4 Å². The summed E-state index contributed by atoms with van der Waals surface area (Å²) >= 11 is 0. The Hall–Kier alpha value is -3.94. The summed E-state index contributed by atoms with van der Waals surface area (Å²) in [6.45, 7) is 1.93. The summed E-state index contributed by atoms with van der Waals surface area (Å²) in [5.74, 6) is 0.668. The normalized spacial score (nSPS) is 10.8. The number of ether oxygens (including phenoxy) is 1. The maximum absolute atomic E-state index is 12.0. The number of carbonyl (C=O) groups excluding carboxylic acids is 1. The molecule has 28 heavy (non-hydrogen) atoms. The fourth-order valence-electron chi connectivity index (χ4n) is 2.49. The monoisotopic (exact) mass is 379 g/mol. The van der Waals surface area contributed by atoms with E-state index in [1.807, 2.05) is 19.1 Å². The molecular formula is C20H17N3O5. The molecule has 0 atom stereocenters. The summed E-state index contributed by atoms with van der Waals surface area (Å²) in [6.07, 6.45) is 1.32. The number of nitrogens with one attached hydrogen (secondary N) is 1. The molecule has 8 heteroatoms. The minimum absolute atomic E-state index is 0.134. The minimum Gasteiger partial charge on any atom is -0.497 e. The first-order chi connectivity index (χ1) is 13.5. The maximum atomic E-state index is 12.0. The lowest BCUT2D eigenvalue weighted by Crippen LogP contribution is -2.17. The second-order valence-corrected chi connectivity index (χ2v) is 5.91. The molecule has 3 rings (SSSR count). The SMILES string of the molecule is COc1ccc(-c2ccc(/C=N/NC(=O)c3ccc(C)cc3)o2)c([N+](=O)[O-])c1. The topological polar surface area (TPSA) is 107 Å². The van der Waals surface area contributed by atoms with Gasteiger partial charge in [-0.05, 0) is 43.3 Å². The molecule has 0 aliphatic heterocycles. The Balaban J connectivity index is 1.74. The minimum atomic E-state index is -0.504. The van der Waals surface area contributed by atoms with E-state index >= 15 is 0 Å². The van der Waals surface area contributed by atoms with Crippen LogP contribution in [0.3, 0.4) is 0 Å². The lowest BCUT2D eigenvalue weighted by Gasteiger charge is -2.03. The summed E-state index contributed by atoms with van der Waals surface area (Å²) in [6, 6.07) is 14.8. The number of rotatable bonds is 6. The van der Waals surface area contributed by atoms with Gasteiger partial charge in [0.25, 0.3) is 11.6 Å². The number of carbonyl (C=O) groups is 1. The van der Waals surface area contributed by atoms with Crippen LogP contribution in [0.25, 0.3) is 11.3 Å². The molecule has 1 amide bonds. The first-order valence-corrected chi connectivity index (χ1v) is 8.30. The molecule has 8 nitrogen and oxygen atoms in total. The Kier molecular flexibility index (Phi) is 5.50. The summed E-state index contributed by atoms with van der Waals surface area (Å²) < 4.78 is 10.6. The maximum Gasteiger partial charge on any atom is 0.284 e. The summed E-state index contributed by atoms with van der Waals surface area (Å²) in [4.78, 5) is 22.8. The van der Waals surface area contributed by atoms with Crippen molar-refractivity contribution in [3.63, 3.8) is 0 Å². The standard InChI is InChI=1S/C20H17N3O5/c1-13-3-5-14(6-4-13)20(24)22-21-12-16-8-10-19(28-16)17-9-7-15(27-2)11-18(17)23(25)26/h3-12H,1-2H3,(H,22,24)/b21-12+. The van der Waals surface area contributed by atoms with Crippen LogP contribution in [-0.2, 0) is 0 Å². The Labute approximate surface area is 160 Å². The predicted molar refractivity (Wildman–Crippen MR) is 104 cm³/mol. The number of benzene rings is 2. The van der Waals surface area contributed by atoms with E-state index < -0.39 is 4.92 Å². The van der Waals surface area contributed by atoms with Crippen molar-refractivity contribution in [1.82, 2.24) is 5.43 Å². The second-order valence-electron chi connectivity index (χ2n) is 5.91. The van der Waals surface area contributed by atoms with Crippen molar-refractivity contribution in [1.29, 1.82) is 0 Å². The fourth-order valence-corrected chi connectivity index (χ4v) is 2.49. The van der Waals surface area contributed by atoms with Crippen molar-refractivity contribution in [2.75, 3.05) is 7.11 Å². The molecular weight excluding hydrogens is 362 g/mol. The second kappa shape index (κ2) is 8.17. The average Bonchev–Trinajstić information content (AvgIpc) is 3.16. The van der Waals surface area contributed by atoms with E-state index in [0.29, 0.717) is 28.4 Å². The predicted octanol–water partition coefficient (Wildman–Crippen LogP) is 3.94. The summed E-state index contributed by atoms with van der Waals surface area (Å²) in [5.41, 5.74) is 4.12. The number of methoxy groups -OCH3 is 1. The molecule has 0 saturated heterocycles. The van der Waals surface area contributed by atoms with Crippen molar-refractivity contribution >= 4 is 17.8 Å². The highest BCUT2D eigenvalue weighted by molar-refractivity contribution is 5.94. The molecule has 0 aliphatic rings. The van der Waals surface area contributed by atoms with Crippen LogP contribution in [-0.4, -0.2) is 24.2 Å². The van der Waals surface area contributed by atoms with Gasteiger partial charge in [0, 0.05) is 5.56 Å². The van der Waals surface area contributed by atoms with Gasteiger partial charge in [-0.25, -0.2) is 5.43 Å². The lowest BCUT2D eigenvalue weighted by molar-refractivity contribution is -0.384. The molecule has 0 saturated carbocycles. The number of furan rings is 1. The summed E-state index contributed by atoms with van der Waals surface area (Å²) in [5, 5.41) is 15.2. The van der Waals surface area contributed by atoms with E-state index in [2.05, 4.69) is 10.5 Å². The van der Waals surface area contributed by atoms with E-state index in [4.69, 9.17) is 9.15 Å². The van der Waals surface area contributed by atoms with E-state index in [0.717, 1.165) is 5.56 Å². The Morgan fingerprint density at radius 2 is 1.93 bits per heavy atom. The zero-order valence-electron chi connectivity index (χ0n) is 15.2. The molecule has 1 N–H and O–H groups in total. The number of hydrogen-bond donors (Lipinski definition) is 1. The molecule has 0 unspecified atom stereocenters. The highest BCUT2D eigenvalue weighted by Gasteiger charge is 2.19. The van der Waals surface area contributed by atoms with Gasteiger partial charge in [-0.15, -0.1) is 0 Å². The third-order valence-corrected chi connectivity index (χ3v) is 3.97. The molecule has 1 heterocycles. The van der Waals surface area contributed by atoms with Crippen molar-refractivity contribution in [3.05, 3.63) is 81.6 Å². The quantitative estimate of drug-likeness (QED) is 0.397. The molecule has 1 aromatic heterocycles. The zero-order chi connectivity index (χ0) is 20.1. The van der Waals surface area contributed by atoms with Crippen LogP contribution in [0.1, 0.15) is 21.7 Å². The Morgan fingerprint density at radius 3 is 2.61 bits per heavy atom. The molecule has 0 spiro atoms. The van der Waals surface area contributed by atoms with Crippen molar-refractivity contribution in [2.24, 2.45) is 5.10 Å². The first kappa shape index (κ1) is 18.8. The third-order valence-electron chi connectivity index (χ3n) is 3.97. The average molecular weight is 379 g/mol. The largest absolute Gasteiger partial charge is 0.497 e. The van der Waals surface area contributed by atoms with Gasteiger partial charge in [0.05, 0.1) is 29.9 Å². The molecule has 0 radical (unpaired) electrons. The number of nitrogens with zero attached hydrogens (tertiary/aromatic N) is 2. The smallest absolute Gasteiger partial charge is 0.284 e. The molecule has 0 aliphatic carbocycles. The van der Waals surface area contributed by atoms with Crippen LogP contribution in [0, 0.1) is 17.0 Å². The molecule has 3 aromatic rings. The van der Waals surface area contributed by atoms with Gasteiger partial charge in [0.1, 0.15) is 17.3 Å². The third kappa shape index (κ3) is 4.24. The Morgan fingerprint density at radius 1 is 1.18 bits per heavy atom. The first-order valence-electron chi connectivity index (χ1n) is 8.30. The van der Waals surface area contributed by atoms with Crippen molar-refractivity contribution < 1.29 is 18.9 Å². The van der Waals surface area contributed by atoms with Crippen molar-refractivity contribution in [2.45, 2.75) is 6.92 Å². The molecule has 0 bridgehead atoms. The van der Waals surface area contributed by atoms with Crippen molar-refractivity contribution in [3.8, 4) is 17.1 Å². The molecule has 0 fully saturated rings. The number of hydrogen-bond acceptors (Lipinski definition) is 6. The van der Waals surface area contributed by atoms with Gasteiger partial charge in [-0.1, -0.05) is 17.7 Å². The van der Waals surface area contributed by atoms with Gasteiger partial charge >= 0.3 is 0 Å². The van der Waals surface area contributed by atoms with E-state index in [-0.39, 0.29) is 11.6 Å². The van der Waals surface area contributed by atoms with Gasteiger partial charge < -0.3 is 9.15 Å². The number of hydrazone groups is 1. The number of aryl methyl sites for hydroxylation is 1. The molecule has 142 valence electrons. The van der Waals surface area contributed by atoms with E-state index in [9.17, 15) is 14.9 Å². The van der Waals surface area contributed by atoms with Gasteiger partial charge in [-0.2, -0.15) is 5.10 Å². The van der Waals surface area contributed by atoms with Crippen LogP contribution in [0.15, 0.2) is 64.1 Å². The molecule has 2 aromatic carbocycles. The number of nitro benzene ring substituents is 1.